The van der Waals surface area contributed by atoms with Gasteiger partial charge < -0.3 is 20.1 Å². The fourth-order valence-corrected chi connectivity index (χ4v) is 2.69. The number of para-hydroxylation sites is 2. The maximum absolute atomic E-state index is 10.7. The molecule has 0 aromatic heterocycles. The SMILES string of the molecule is CCCNC(=NCc1ccc([N+](=O)[O-])cc1)NCC1COc2ccccc2O1.I. The largest absolute Gasteiger partial charge is 0.486 e. The molecular formula is C20H25IN4O4. The molecule has 1 heterocycles. The fourth-order valence-electron chi connectivity index (χ4n) is 2.69. The standard InChI is InChI=1S/C20H24N4O4.HI/c1-2-11-21-20(22-12-15-7-9-16(10-8-15)24(25)26)23-13-17-14-27-18-5-3-4-6-19(18)28-17;/h3-10,17H,2,11-14H2,1H3,(H2,21,22,23);1H. The quantitative estimate of drug-likeness (QED) is 0.194. The highest BCUT2D eigenvalue weighted by Crippen LogP contribution is 2.30. The van der Waals surface area contributed by atoms with Gasteiger partial charge in [-0.25, -0.2) is 4.99 Å². The molecule has 9 heteroatoms. The Morgan fingerprint density at radius 3 is 2.59 bits per heavy atom. The fraction of sp³-hybridized carbons (Fsp3) is 0.350. The molecule has 1 unspecified atom stereocenters. The molecule has 0 fully saturated rings. The first-order valence-electron chi connectivity index (χ1n) is 9.29. The van der Waals surface area contributed by atoms with Crippen molar-refractivity contribution in [3.8, 4) is 11.5 Å². The number of rotatable bonds is 7. The average molecular weight is 512 g/mol. The number of guanidine groups is 1. The number of fused-ring (bicyclic) bond motifs is 1. The Hall–Kier alpha value is -2.56. The van der Waals surface area contributed by atoms with Crippen LogP contribution in [0.3, 0.4) is 0 Å². The van der Waals surface area contributed by atoms with Crippen molar-refractivity contribution in [1.29, 1.82) is 0 Å². The molecule has 0 saturated carbocycles. The topological polar surface area (TPSA) is 98.0 Å². The maximum Gasteiger partial charge on any atom is 0.269 e. The minimum atomic E-state index is -0.409. The van der Waals surface area contributed by atoms with Crippen LogP contribution in [0.25, 0.3) is 0 Å². The zero-order valence-corrected chi connectivity index (χ0v) is 18.5. The van der Waals surface area contributed by atoms with Crippen LogP contribution in [0.1, 0.15) is 18.9 Å². The smallest absolute Gasteiger partial charge is 0.269 e. The molecule has 0 radical (unpaired) electrons. The lowest BCUT2D eigenvalue weighted by Gasteiger charge is -2.27. The second kappa shape index (κ2) is 11.4. The van der Waals surface area contributed by atoms with Gasteiger partial charge in [-0.3, -0.25) is 10.1 Å². The van der Waals surface area contributed by atoms with E-state index in [-0.39, 0.29) is 35.8 Å². The Balaban J connectivity index is 0.00000300. The van der Waals surface area contributed by atoms with Gasteiger partial charge in [0.15, 0.2) is 17.5 Å². The third-order valence-corrected chi connectivity index (χ3v) is 4.17. The Morgan fingerprint density at radius 1 is 1.17 bits per heavy atom. The number of nitrogens with zero attached hydrogens (tertiary/aromatic N) is 2. The van der Waals surface area contributed by atoms with Gasteiger partial charge in [0, 0.05) is 18.7 Å². The van der Waals surface area contributed by atoms with E-state index in [0.29, 0.717) is 25.7 Å². The monoisotopic (exact) mass is 512 g/mol. The van der Waals surface area contributed by atoms with E-state index in [1.807, 2.05) is 24.3 Å². The van der Waals surface area contributed by atoms with Crippen LogP contribution < -0.4 is 20.1 Å². The molecule has 1 atom stereocenters. The van der Waals surface area contributed by atoms with E-state index in [0.717, 1.165) is 30.0 Å². The molecule has 29 heavy (non-hydrogen) atoms. The van der Waals surface area contributed by atoms with Gasteiger partial charge in [-0.15, -0.1) is 24.0 Å². The first kappa shape index (κ1) is 22.7. The number of non-ortho nitro benzene ring substituents is 1. The van der Waals surface area contributed by atoms with Crippen molar-refractivity contribution >= 4 is 35.6 Å². The molecule has 0 spiro atoms. The molecule has 0 bridgehead atoms. The van der Waals surface area contributed by atoms with Crippen LogP contribution >= 0.6 is 24.0 Å². The summed E-state index contributed by atoms with van der Waals surface area (Å²) in [5.74, 6) is 2.17. The molecule has 2 aromatic rings. The molecule has 8 nitrogen and oxygen atoms in total. The third kappa shape index (κ3) is 6.77. The zero-order chi connectivity index (χ0) is 19.8. The molecule has 156 valence electrons. The molecule has 3 rings (SSSR count). The number of hydrogen-bond acceptors (Lipinski definition) is 5. The Bertz CT molecular complexity index is 829. The van der Waals surface area contributed by atoms with Gasteiger partial charge in [-0.2, -0.15) is 0 Å². The van der Waals surface area contributed by atoms with Crippen molar-refractivity contribution in [2.75, 3.05) is 19.7 Å². The van der Waals surface area contributed by atoms with Gasteiger partial charge in [-0.05, 0) is 24.1 Å². The van der Waals surface area contributed by atoms with E-state index in [1.165, 1.54) is 12.1 Å². The van der Waals surface area contributed by atoms with Gasteiger partial charge in [0.1, 0.15) is 12.7 Å². The van der Waals surface area contributed by atoms with E-state index in [9.17, 15) is 10.1 Å². The van der Waals surface area contributed by atoms with Gasteiger partial charge in [-0.1, -0.05) is 31.2 Å². The van der Waals surface area contributed by atoms with Gasteiger partial charge in [0.2, 0.25) is 0 Å². The minimum absolute atomic E-state index is 0. The van der Waals surface area contributed by atoms with Crippen molar-refractivity contribution in [3.05, 3.63) is 64.2 Å². The third-order valence-electron chi connectivity index (χ3n) is 4.17. The lowest BCUT2D eigenvalue weighted by atomic mass is 10.2. The zero-order valence-electron chi connectivity index (χ0n) is 16.2. The summed E-state index contributed by atoms with van der Waals surface area (Å²) in [5.41, 5.74) is 0.972. The summed E-state index contributed by atoms with van der Waals surface area (Å²) in [6, 6.07) is 14.0. The number of halogens is 1. The van der Waals surface area contributed by atoms with E-state index in [2.05, 4.69) is 22.5 Å². The molecule has 2 aromatic carbocycles. The predicted octanol–water partition coefficient (Wildman–Crippen LogP) is 3.50. The van der Waals surface area contributed by atoms with E-state index in [4.69, 9.17) is 9.47 Å². The van der Waals surface area contributed by atoms with Crippen molar-refractivity contribution in [1.82, 2.24) is 10.6 Å². The van der Waals surface area contributed by atoms with Gasteiger partial charge >= 0.3 is 0 Å². The van der Waals surface area contributed by atoms with Crippen LogP contribution in [0.15, 0.2) is 53.5 Å². The normalized spacial score (nSPS) is 15.2. The molecule has 0 amide bonds. The molecule has 0 saturated heterocycles. The number of nitrogens with one attached hydrogen (secondary N) is 2. The summed E-state index contributed by atoms with van der Waals surface area (Å²) < 4.78 is 11.7. The summed E-state index contributed by atoms with van der Waals surface area (Å²) >= 11 is 0. The van der Waals surface area contributed by atoms with Crippen molar-refractivity contribution in [3.63, 3.8) is 0 Å². The second-order valence-corrected chi connectivity index (χ2v) is 6.39. The van der Waals surface area contributed by atoms with Gasteiger partial charge in [0.25, 0.3) is 5.69 Å². The number of aliphatic imine (C=N–C) groups is 1. The van der Waals surface area contributed by atoms with Crippen LogP contribution in [0.2, 0.25) is 0 Å². The van der Waals surface area contributed by atoms with Crippen LogP contribution in [-0.2, 0) is 6.54 Å². The molecular weight excluding hydrogens is 487 g/mol. The highest BCUT2D eigenvalue weighted by molar-refractivity contribution is 14.0. The minimum Gasteiger partial charge on any atom is -0.486 e. The first-order chi connectivity index (χ1) is 13.7. The summed E-state index contributed by atoms with van der Waals surface area (Å²) in [7, 11) is 0. The average Bonchev–Trinajstić information content (AvgIpc) is 2.73. The Kier molecular flexibility index (Phi) is 8.97. The molecule has 1 aliphatic heterocycles. The van der Waals surface area contributed by atoms with Crippen LogP contribution in [-0.4, -0.2) is 36.7 Å². The van der Waals surface area contributed by atoms with Crippen LogP contribution in [0, 0.1) is 10.1 Å². The number of nitro groups is 1. The van der Waals surface area contributed by atoms with E-state index < -0.39 is 4.92 Å². The second-order valence-electron chi connectivity index (χ2n) is 6.39. The number of benzene rings is 2. The lowest BCUT2D eigenvalue weighted by molar-refractivity contribution is -0.384. The highest BCUT2D eigenvalue weighted by Gasteiger charge is 2.20. The van der Waals surface area contributed by atoms with Crippen molar-refractivity contribution in [2.24, 2.45) is 4.99 Å². The van der Waals surface area contributed by atoms with Crippen LogP contribution in [0.5, 0.6) is 11.5 Å². The number of ether oxygens (including phenoxy) is 2. The number of hydrogen-bond donors (Lipinski definition) is 2. The molecule has 0 aliphatic carbocycles. The molecule has 1 aliphatic rings. The Morgan fingerprint density at radius 2 is 1.90 bits per heavy atom. The summed E-state index contributed by atoms with van der Waals surface area (Å²) in [4.78, 5) is 14.9. The highest BCUT2D eigenvalue weighted by atomic mass is 127. The predicted molar refractivity (Wildman–Crippen MR) is 122 cm³/mol. The van der Waals surface area contributed by atoms with Crippen molar-refractivity contribution in [2.45, 2.75) is 26.0 Å². The lowest BCUT2D eigenvalue weighted by Crippen LogP contribution is -2.45. The van der Waals surface area contributed by atoms with E-state index in [1.54, 1.807) is 12.1 Å². The summed E-state index contributed by atoms with van der Waals surface area (Å²) in [6.45, 7) is 4.30. The number of nitro benzene ring substituents is 1. The first-order valence-corrected chi connectivity index (χ1v) is 9.29. The molecule has 2 N–H and O–H groups in total. The van der Waals surface area contributed by atoms with Crippen molar-refractivity contribution < 1.29 is 14.4 Å². The summed E-state index contributed by atoms with van der Waals surface area (Å²) in [6.07, 6.45) is 0.845. The van der Waals surface area contributed by atoms with Crippen LogP contribution in [0.4, 0.5) is 5.69 Å². The van der Waals surface area contributed by atoms with Gasteiger partial charge in [0.05, 0.1) is 18.0 Å². The summed E-state index contributed by atoms with van der Waals surface area (Å²) in [5, 5.41) is 17.3. The Labute approximate surface area is 186 Å². The van der Waals surface area contributed by atoms with E-state index >= 15 is 0 Å². The maximum atomic E-state index is 10.7.